The van der Waals surface area contributed by atoms with E-state index in [0.717, 1.165) is 43.1 Å². The first-order valence-electron chi connectivity index (χ1n) is 11.0. The molecule has 2 aromatic rings. The molecule has 0 spiro atoms. The van der Waals surface area contributed by atoms with E-state index in [-0.39, 0.29) is 23.1 Å². The van der Waals surface area contributed by atoms with Crippen molar-refractivity contribution in [1.29, 1.82) is 0 Å². The molecule has 32 heavy (non-hydrogen) atoms. The van der Waals surface area contributed by atoms with E-state index in [1.807, 2.05) is 38.1 Å². The Bertz CT molecular complexity index is 1000. The molecule has 1 fully saturated rings. The standard InChI is InChI=1S/C24H32ClN3O3S/c1-17(2)19-5-9-22(10-6-19)32(30,31)27-15-23(29)24(26)20-11-13-28(14-12-20)16-18-3-7-21(25)8-4-18/h3-10,17,20,24,27H,11-16,26H2,1-2H3. The third-order valence-electron chi connectivity index (χ3n) is 6.12. The molecular weight excluding hydrogens is 446 g/mol. The van der Waals surface area contributed by atoms with Crippen molar-refractivity contribution in [1.82, 2.24) is 9.62 Å². The second kappa shape index (κ2) is 10.9. The maximum atomic E-state index is 12.6. The lowest BCUT2D eigenvalue weighted by atomic mass is 9.87. The minimum absolute atomic E-state index is 0.0544. The van der Waals surface area contributed by atoms with Crippen molar-refractivity contribution in [2.24, 2.45) is 11.7 Å². The Morgan fingerprint density at radius 3 is 2.25 bits per heavy atom. The first kappa shape index (κ1) is 24.9. The zero-order valence-corrected chi connectivity index (χ0v) is 20.2. The number of nitrogens with one attached hydrogen (secondary N) is 1. The van der Waals surface area contributed by atoms with Crippen LogP contribution in [0.3, 0.4) is 0 Å². The van der Waals surface area contributed by atoms with E-state index in [2.05, 4.69) is 9.62 Å². The molecule has 0 bridgehead atoms. The van der Waals surface area contributed by atoms with Crippen molar-refractivity contribution in [3.63, 3.8) is 0 Å². The molecule has 0 saturated carbocycles. The lowest BCUT2D eigenvalue weighted by molar-refractivity contribution is -0.120. The number of likely N-dealkylation sites (tertiary alicyclic amines) is 1. The second-order valence-electron chi connectivity index (χ2n) is 8.78. The Morgan fingerprint density at radius 2 is 1.69 bits per heavy atom. The number of nitrogens with two attached hydrogens (primary N) is 1. The van der Waals surface area contributed by atoms with Crippen molar-refractivity contribution in [2.45, 2.75) is 50.1 Å². The highest BCUT2D eigenvalue weighted by atomic mass is 35.5. The van der Waals surface area contributed by atoms with Gasteiger partial charge in [0.15, 0.2) is 5.78 Å². The van der Waals surface area contributed by atoms with Crippen molar-refractivity contribution in [3.8, 4) is 0 Å². The number of Topliss-reactive ketones (excluding diaryl/α,β-unsaturated/α-hetero) is 1. The van der Waals surface area contributed by atoms with Gasteiger partial charge in [0.05, 0.1) is 17.5 Å². The van der Waals surface area contributed by atoms with Gasteiger partial charge in [-0.1, -0.05) is 49.7 Å². The molecule has 0 aromatic heterocycles. The minimum Gasteiger partial charge on any atom is -0.321 e. The summed E-state index contributed by atoms with van der Waals surface area (Å²) in [6, 6.07) is 13.9. The fourth-order valence-corrected chi connectivity index (χ4v) is 5.10. The zero-order chi connectivity index (χ0) is 23.3. The van der Waals surface area contributed by atoms with Crippen molar-refractivity contribution < 1.29 is 13.2 Å². The number of hydrogen-bond acceptors (Lipinski definition) is 5. The van der Waals surface area contributed by atoms with Gasteiger partial charge >= 0.3 is 0 Å². The first-order valence-corrected chi connectivity index (χ1v) is 12.9. The van der Waals surface area contributed by atoms with Gasteiger partial charge in [0.1, 0.15) is 0 Å². The average molecular weight is 478 g/mol. The van der Waals surface area contributed by atoms with Crippen LogP contribution in [0.2, 0.25) is 5.02 Å². The summed E-state index contributed by atoms with van der Waals surface area (Å²) in [7, 11) is -3.75. The summed E-state index contributed by atoms with van der Waals surface area (Å²) in [5.74, 6) is 0.0965. The van der Waals surface area contributed by atoms with Crippen LogP contribution in [0.5, 0.6) is 0 Å². The van der Waals surface area contributed by atoms with Gasteiger partial charge in [-0.15, -0.1) is 0 Å². The predicted molar refractivity (Wildman–Crippen MR) is 128 cm³/mol. The van der Waals surface area contributed by atoms with Crippen LogP contribution in [0.15, 0.2) is 53.4 Å². The Balaban J connectivity index is 1.47. The van der Waals surface area contributed by atoms with Crippen LogP contribution in [-0.2, 0) is 21.4 Å². The van der Waals surface area contributed by atoms with Crippen LogP contribution < -0.4 is 10.5 Å². The van der Waals surface area contributed by atoms with Gasteiger partial charge in [-0.25, -0.2) is 13.1 Å². The van der Waals surface area contributed by atoms with Gasteiger partial charge in [-0.2, -0.15) is 0 Å². The van der Waals surface area contributed by atoms with E-state index in [1.54, 1.807) is 24.3 Å². The number of carbonyl (C=O) groups excluding carboxylic acids is 1. The highest BCUT2D eigenvalue weighted by Gasteiger charge is 2.29. The fraction of sp³-hybridized carbons (Fsp3) is 0.458. The second-order valence-corrected chi connectivity index (χ2v) is 11.0. The summed E-state index contributed by atoms with van der Waals surface area (Å²) in [6.45, 7) is 6.33. The summed E-state index contributed by atoms with van der Waals surface area (Å²) in [5, 5.41) is 0.722. The van der Waals surface area contributed by atoms with Crippen LogP contribution in [0.25, 0.3) is 0 Å². The summed E-state index contributed by atoms with van der Waals surface area (Å²) in [6.07, 6.45) is 1.62. The Morgan fingerprint density at radius 1 is 1.09 bits per heavy atom. The lowest BCUT2D eigenvalue weighted by Gasteiger charge is -2.34. The number of hydrogen-bond donors (Lipinski definition) is 2. The molecular formula is C24H32ClN3O3S. The minimum atomic E-state index is -3.75. The number of ketones is 1. The van der Waals surface area contributed by atoms with E-state index in [0.29, 0.717) is 5.92 Å². The maximum absolute atomic E-state index is 12.6. The van der Waals surface area contributed by atoms with E-state index < -0.39 is 16.1 Å². The highest BCUT2D eigenvalue weighted by molar-refractivity contribution is 7.89. The molecule has 1 aliphatic rings. The van der Waals surface area contributed by atoms with Crippen LogP contribution in [0.1, 0.15) is 43.7 Å². The van der Waals surface area contributed by atoms with E-state index in [1.165, 1.54) is 5.56 Å². The van der Waals surface area contributed by atoms with Gasteiger partial charge < -0.3 is 5.73 Å². The molecule has 1 unspecified atom stereocenters. The lowest BCUT2D eigenvalue weighted by Crippen LogP contribution is -2.47. The predicted octanol–water partition coefficient (Wildman–Crippen LogP) is 3.55. The van der Waals surface area contributed by atoms with Gasteiger partial charge in [-0.3, -0.25) is 9.69 Å². The number of piperidine rings is 1. The van der Waals surface area contributed by atoms with E-state index in [4.69, 9.17) is 17.3 Å². The number of benzene rings is 2. The van der Waals surface area contributed by atoms with Crippen LogP contribution in [0, 0.1) is 5.92 Å². The van der Waals surface area contributed by atoms with Crippen LogP contribution >= 0.6 is 11.6 Å². The van der Waals surface area contributed by atoms with Crippen LogP contribution in [0.4, 0.5) is 0 Å². The summed E-state index contributed by atoms with van der Waals surface area (Å²) < 4.78 is 27.5. The number of nitrogens with zero attached hydrogens (tertiary/aromatic N) is 1. The Kier molecular flexibility index (Phi) is 8.47. The number of sulfonamides is 1. The first-order chi connectivity index (χ1) is 15.2. The molecule has 8 heteroatoms. The maximum Gasteiger partial charge on any atom is 0.240 e. The third kappa shape index (κ3) is 6.62. The molecule has 1 atom stereocenters. The molecule has 1 saturated heterocycles. The molecule has 0 radical (unpaired) electrons. The quantitative estimate of drug-likeness (QED) is 0.576. The molecule has 0 aliphatic carbocycles. The van der Waals surface area contributed by atoms with Gasteiger partial charge in [0.2, 0.25) is 10.0 Å². The Hall–Kier alpha value is -1.77. The van der Waals surface area contributed by atoms with E-state index >= 15 is 0 Å². The summed E-state index contributed by atoms with van der Waals surface area (Å²) in [4.78, 5) is 15.1. The van der Waals surface area contributed by atoms with Gasteiger partial charge in [0, 0.05) is 11.6 Å². The van der Waals surface area contributed by atoms with Crippen LogP contribution in [-0.4, -0.2) is 44.8 Å². The number of carbonyl (C=O) groups is 1. The molecule has 3 rings (SSSR count). The van der Waals surface area contributed by atoms with Gasteiger partial charge in [-0.05, 0) is 73.2 Å². The molecule has 1 aliphatic heterocycles. The summed E-state index contributed by atoms with van der Waals surface area (Å²) >= 11 is 5.94. The number of halogens is 1. The summed E-state index contributed by atoms with van der Waals surface area (Å²) in [5.41, 5.74) is 8.47. The normalized spacial score (nSPS) is 16.9. The van der Waals surface area contributed by atoms with Gasteiger partial charge in [0.25, 0.3) is 0 Å². The number of rotatable bonds is 9. The molecule has 174 valence electrons. The fourth-order valence-electron chi connectivity index (χ4n) is 3.98. The SMILES string of the molecule is CC(C)c1ccc(S(=O)(=O)NCC(=O)C(N)C2CCN(Cc3ccc(Cl)cc3)CC2)cc1. The van der Waals surface area contributed by atoms with Crippen molar-refractivity contribution in [2.75, 3.05) is 19.6 Å². The smallest absolute Gasteiger partial charge is 0.240 e. The molecule has 6 nitrogen and oxygen atoms in total. The highest BCUT2D eigenvalue weighted by Crippen LogP contribution is 2.22. The Labute approximate surface area is 196 Å². The topological polar surface area (TPSA) is 92.5 Å². The molecule has 0 amide bonds. The molecule has 1 heterocycles. The molecule has 2 aromatic carbocycles. The third-order valence-corrected chi connectivity index (χ3v) is 7.79. The average Bonchev–Trinajstić information content (AvgIpc) is 2.79. The largest absolute Gasteiger partial charge is 0.321 e. The monoisotopic (exact) mass is 477 g/mol. The van der Waals surface area contributed by atoms with Crippen molar-refractivity contribution >= 4 is 27.4 Å². The molecule has 3 N–H and O–H groups in total. The zero-order valence-electron chi connectivity index (χ0n) is 18.6. The van der Waals surface area contributed by atoms with E-state index in [9.17, 15) is 13.2 Å². The van der Waals surface area contributed by atoms with Crippen molar-refractivity contribution in [3.05, 3.63) is 64.7 Å².